The Morgan fingerprint density at radius 2 is 2.09 bits per heavy atom. The number of benzene rings is 1. The van der Waals surface area contributed by atoms with E-state index in [4.69, 9.17) is 9.47 Å². The number of carbonyl (C=O) groups excluding carboxylic acids is 1. The van der Waals surface area contributed by atoms with Crippen LogP contribution in [0.5, 0.6) is 5.75 Å². The van der Waals surface area contributed by atoms with Gasteiger partial charge in [0.25, 0.3) is 5.56 Å². The molecular formula is C23H26ClN3O5S. The van der Waals surface area contributed by atoms with Crippen LogP contribution >= 0.6 is 23.7 Å². The fourth-order valence-electron chi connectivity index (χ4n) is 5.32. The number of esters is 1. The van der Waals surface area contributed by atoms with Gasteiger partial charge in [-0.05, 0) is 55.0 Å². The maximum absolute atomic E-state index is 13.0. The Hall–Kier alpha value is -2.62. The van der Waals surface area contributed by atoms with Crippen molar-refractivity contribution in [1.29, 1.82) is 0 Å². The van der Waals surface area contributed by atoms with E-state index in [1.165, 1.54) is 28.9 Å². The van der Waals surface area contributed by atoms with Crippen molar-refractivity contribution in [2.24, 2.45) is 5.92 Å². The molecule has 2 aromatic heterocycles. The number of nitrogens with zero attached hydrogens (tertiary/aromatic N) is 1. The molecule has 1 unspecified atom stereocenters. The zero-order valence-corrected chi connectivity index (χ0v) is 20.0. The van der Waals surface area contributed by atoms with Gasteiger partial charge in [0.2, 0.25) is 0 Å². The predicted molar refractivity (Wildman–Crippen MR) is 129 cm³/mol. The first-order valence-electron chi connectivity index (χ1n) is 10.8. The molecule has 33 heavy (non-hydrogen) atoms. The molecule has 0 amide bonds. The number of ether oxygens (including phenoxy) is 2. The fourth-order valence-corrected chi connectivity index (χ4v) is 6.28. The van der Waals surface area contributed by atoms with Crippen molar-refractivity contribution >= 4 is 39.9 Å². The molecule has 0 spiro atoms. The van der Waals surface area contributed by atoms with E-state index in [2.05, 4.69) is 16.4 Å². The molecule has 1 aliphatic carbocycles. The predicted octanol–water partition coefficient (Wildman–Crippen LogP) is 2.68. The molecule has 3 heterocycles. The zero-order valence-electron chi connectivity index (χ0n) is 18.4. The van der Waals surface area contributed by atoms with Gasteiger partial charge in [0.05, 0.1) is 19.6 Å². The van der Waals surface area contributed by atoms with Crippen molar-refractivity contribution in [3.05, 3.63) is 61.1 Å². The van der Waals surface area contributed by atoms with Crippen molar-refractivity contribution in [2.45, 2.75) is 37.8 Å². The molecule has 0 radical (unpaired) electrons. The highest BCUT2D eigenvalue weighted by Gasteiger charge is 2.40. The van der Waals surface area contributed by atoms with Gasteiger partial charge in [-0.1, -0.05) is 12.1 Å². The number of halogens is 1. The van der Waals surface area contributed by atoms with Crippen molar-refractivity contribution in [2.75, 3.05) is 20.8 Å². The van der Waals surface area contributed by atoms with Gasteiger partial charge in [-0.25, -0.2) is 9.59 Å². The average Bonchev–Trinajstić information content (AvgIpc) is 3.42. The molecule has 1 saturated heterocycles. The van der Waals surface area contributed by atoms with Crippen molar-refractivity contribution in [3.63, 3.8) is 0 Å². The van der Waals surface area contributed by atoms with Crippen LogP contribution in [-0.2, 0) is 17.7 Å². The third-order valence-electron chi connectivity index (χ3n) is 6.82. The SMILES string of the molecule is COC(=O)c1cc2c(=O)n(CCC3NC[C@@H]4CCc5c(OC)cccc5[C@H]34)c(=O)[nH]c2s1.Cl. The van der Waals surface area contributed by atoms with Crippen LogP contribution in [-0.4, -0.2) is 42.3 Å². The van der Waals surface area contributed by atoms with E-state index in [1.54, 1.807) is 7.11 Å². The molecule has 8 nitrogen and oxygen atoms in total. The Labute approximate surface area is 200 Å². The first kappa shape index (κ1) is 23.5. The molecule has 3 atom stereocenters. The quantitative estimate of drug-likeness (QED) is 0.532. The standard InChI is InChI=1S/C23H25N3O5S.ClH/c1-30-17-5-3-4-14-13(17)7-6-12-11-24-16(19(12)14)8-9-26-21(27)15-10-18(22(28)31-2)32-20(15)25-23(26)29;/h3-5,10,12,16,19,24H,6-9,11H2,1-2H3,(H,25,29);1H/t12-,16?,19+;/m0./s1. The smallest absolute Gasteiger partial charge is 0.348 e. The van der Waals surface area contributed by atoms with Crippen LogP contribution in [0.15, 0.2) is 33.9 Å². The van der Waals surface area contributed by atoms with Gasteiger partial charge in [0, 0.05) is 18.5 Å². The van der Waals surface area contributed by atoms with Gasteiger partial charge < -0.3 is 14.8 Å². The Morgan fingerprint density at radius 3 is 2.85 bits per heavy atom. The number of hydrogen-bond donors (Lipinski definition) is 2. The second kappa shape index (κ2) is 9.32. The van der Waals surface area contributed by atoms with Crippen LogP contribution in [0.1, 0.15) is 39.6 Å². The Bertz CT molecular complexity index is 1310. The lowest BCUT2D eigenvalue weighted by Crippen LogP contribution is -2.37. The first-order valence-corrected chi connectivity index (χ1v) is 11.6. The van der Waals surface area contributed by atoms with Crippen molar-refractivity contribution in [3.8, 4) is 5.75 Å². The van der Waals surface area contributed by atoms with E-state index in [-0.39, 0.29) is 24.0 Å². The fraction of sp³-hybridized carbons (Fsp3) is 0.435. The zero-order chi connectivity index (χ0) is 22.4. The normalized spacial score (nSPS) is 21.2. The van der Waals surface area contributed by atoms with E-state index in [9.17, 15) is 14.4 Å². The number of methoxy groups -OCH3 is 2. The van der Waals surface area contributed by atoms with Gasteiger partial charge in [-0.3, -0.25) is 14.3 Å². The van der Waals surface area contributed by atoms with Crippen LogP contribution in [0, 0.1) is 5.92 Å². The number of nitrogens with one attached hydrogen (secondary N) is 2. The highest BCUT2D eigenvalue weighted by atomic mass is 35.5. The molecule has 3 aromatic rings. The molecule has 1 fully saturated rings. The first-order chi connectivity index (χ1) is 15.5. The summed E-state index contributed by atoms with van der Waals surface area (Å²) < 4.78 is 11.5. The number of aromatic nitrogens is 2. The van der Waals surface area contributed by atoms with Gasteiger partial charge in [0.1, 0.15) is 15.5 Å². The summed E-state index contributed by atoms with van der Waals surface area (Å²) in [6.45, 7) is 1.23. The lowest BCUT2D eigenvalue weighted by molar-refractivity contribution is 0.0606. The molecule has 1 aliphatic heterocycles. The van der Waals surface area contributed by atoms with Gasteiger partial charge in [-0.15, -0.1) is 23.7 Å². The van der Waals surface area contributed by atoms with Gasteiger partial charge in [-0.2, -0.15) is 0 Å². The highest BCUT2D eigenvalue weighted by Crippen LogP contribution is 2.45. The minimum Gasteiger partial charge on any atom is -0.496 e. The molecule has 0 saturated carbocycles. The summed E-state index contributed by atoms with van der Waals surface area (Å²) in [6.07, 6.45) is 2.75. The molecule has 10 heteroatoms. The molecule has 176 valence electrons. The van der Waals surface area contributed by atoms with E-state index in [1.807, 2.05) is 12.1 Å². The minimum atomic E-state index is -0.523. The van der Waals surface area contributed by atoms with Crippen LogP contribution in [0.25, 0.3) is 10.2 Å². The second-order valence-electron chi connectivity index (χ2n) is 8.39. The number of fused-ring (bicyclic) bond motifs is 4. The maximum Gasteiger partial charge on any atom is 0.348 e. The van der Waals surface area contributed by atoms with E-state index < -0.39 is 11.7 Å². The molecule has 0 bridgehead atoms. The number of H-pyrrole nitrogens is 1. The van der Waals surface area contributed by atoms with E-state index in [0.29, 0.717) is 39.9 Å². The summed E-state index contributed by atoms with van der Waals surface area (Å²) in [5.41, 5.74) is 1.75. The van der Waals surface area contributed by atoms with E-state index in [0.717, 1.165) is 36.5 Å². The third-order valence-corrected chi connectivity index (χ3v) is 7.85. The average molecular weight is 492 g/mol. The Balaban J connectivity index is 0.00000259. The number of thiophene rings is 1. The lowest BCUT2D eigenvalue weighted by atomic mass is 9.73. The largest absolute Gasteiger partial charge is 0.496 e. The summed E-state index contributed by atoms with van der Waals surface area (Å²) in [4.78, 5) is 40.9. The van der Waals surface area contributed by atoms with Crippen LogP contribution in [0.4, 0.5) is 0 Å². The van der Waals surface area contributed by atoms with Crippen LogP contribution in [0.2, 0.25) is 0 Å². The summed E-state index contributed by atoms with van der Waals surface area (Å²) in [5.74, 6) is 1.28. The molecular weight excluding hydrogens is 466 g/mol. The summed E-state index contributed by atoms with van der Waals surface area (Å²) in [7, 11) is 2.99. The number of hydrogen-bond acceptors (Lipinski definition) is 7. The molecule has 1 aromatic carbocycles. The second-order valence-corrected chi connectivity index (χ2v) is 9.44. The van der Waals surface area contributed by atoms with Gasteiger partial charge >= 0.3 is 11.7 Å². The third kappa shape index (κ3) is 3.98. The Kier molecular flexibility index (Phi) is 6.65. The van der Waals surface area contributed by atoms with Gasteiger partial charge in [0.15, 0.2) is 0 Å². The van der Waals surface area contributed by atoms with Crippen LogP contribution in [0.3, 0.4) is 0 Å². The van der Waals surface area contributed by atoms with E-state index >= 15 is 0 Å². The maximum atomic E-state index is 13.0. The topological polar surface area (TPSA) is 102 Å². The van der Waals surface area contributed by atoms with Crippen molar-refractivity contribution < 1.29 is 14.3 Å². The van der Waals surface area contributed by atoms with Crippen molar-refractivity contribution in [1.82, 2.24) is 14.9 Å². The molecule has 2 N–H and O–H groups in total. The van der Waals surface area contributed by atoms with Crippen LogP contribution < -0.4 is 21.3 Å². The number of aromatic amines is 1. The Morgan fingerprint density at radius 1 is 1.27 bits per heavy atom. The number of rotatable bonds is 5. The lowest BCUT2D eigenvalue weighted by Gasteiger charge is -2.32. The summed E-state index contributed by atoms with van der Waals surface area (Å²) in [5, 5.41) is 3.96. The minimum absolute atomic E-state index is 0. The number of carbonyl (C=O) groups is 1. The summed E-state index contributed by atoms with van der Waals surface area (Å²) in [6, 6.07) is 7.89. The monoisotopic (exact) mass is 491 g/mol. The highest BCUT2D eigenvalue weighted by molar-refractivity contribution is 7.20. The molecule has 5 rings (SSSR count). The molecule has 2 aliphatic rings. The summed E-state index contributed by atoms with van der Waals surface area (Å²) >= 11 is 1.05.